The zero-order valence-electron chi connectivity index (χ0n) is 13.7. The van der Waals surface area contributed by atoms with Crippen LogP contribution in [0.25, 0.3) is 0 Å². The molecule has 1 aromatic carbocycles. The zero-order valence-corrected chi connectivity index (χ0v) is 15.3. The average molecular weight is 381 g/mol. The number of anilines is 1. The van der Waals surface area contributed by atoms with Gasteiger partial charge in [0.25, 0.3) is 0 Å². The maximum atomic E-state index is 12.5. The molecule has 0 saturated carbocycles. The zero-order chi connectivity index (χ0) is 17.9. The molecule has 0 unspecified atom stereocenters. The summed E-state index contributed by atoms with van der Waals surface area (Å²) < 4.78 is 26.4. The van der Waals surface area contributed by atoms with Gasteiger partial charge < -0.3 is 5.32 Å². The smallest absolute Gasteiger partial charge is 0.243 e. The first kappa shape index (κ1) is 17.9. The van der Waals surface area contributed by atoms with Crippen molar-refractivity contribution in [1.29, 1.82) is 0 Å². The van der Waals surface area contributed by atoms with E-state index in [1.807, 2.05) is 0 Å². The monoisotopic (exact) mass is 381 g/mol. The fraction of sp³-hybridized carbons (Fsp3) is 0.400. The summed E-state index contributed by atoms with van der Waals surface area (Å²) in [5.74, 6) is -0.198. The summed E-state index contributed by atoms with van der Waals surface area (Å²) in [4.78, 5) is 16.4. The molecule has 1 aliphatic heterocycles. The first-order valence-electron chi connectivity index (χ1n) is 7.90. The van der Waals surface area contributed by atoms with Gasteiger partial charge in [0.15, 0.2) is 5.16 Å². The predicted molar refractivity (Wildman–Crippen MR) is 94.8 cm³/mol. The van der Waals surface area contributed by atoms with E-state index in [0.717, 1.165) is 12.8 Å². The Balaban J connectivity index is 1.63. The standard InChI is InChI=1S/C15H19N5O3S2/c1-11(24-15-16-10-17-19-15)14(21)18-12-4-6-13(7-5-12)25(22,23)20-8-2-3-9-20/h4-7,10-11H,2-3,8-9H2,1H3,(H,18,21)(H,16,17,19)/t11-/m0/s1. The molecule has 1 amide bonds. The van der Waals surface area contributed by atoms with Crippen LogP contribution in [0.2, 0.25) is 0 Å². The Morgan fingerprint density at radius 1 is 1.28 bits per heavy atom. The van der Waals surface area contributed by atoms with Gasteiger partial charge in [-0.1, -0.05) is 11.8 Å². The van der Waals surface area contributed by atoms with Gasteiger partial charge in [-0.3, -0.25) is 9.89 Å². The molecule has 0 bridgehead atoms. The molecule has 1 saturated heterocycles. The Hall–Kier alpha value is -1.91. The van der Waals surface area contributed by atoms with Crippen LogP contribution >= 0.6 is 11.8 Å². The van der Waals surface area contributed by atoms with Gasteiger partial charge in [0.2, 0.25) is 15.9 Å². The summed E-state index contributed by atoms with van der Waals surface area (Å²) in [6.07, 6.45) is 3.18. The number of hydrogen-bond donors (Lipinski definition) is 2. The minimum Gasteiger partial charge on any atom is -0.325 e. The van der Waals surface area contributed by atoms with Crippen LogP contribution in [0.15, 0.2) is 40.6 Å². The molecule has 1 aliphatic rings. The Labute approximate surface area is 150 Å². The van der Waals surface area contributed by atoms with E-state index in [1.165, 1.54) is 34.5 Å². The Bertz CT molecular complexity index is 815. The van der Waals surface area contributed by atoms with E-state index in [1.54, 1.807) is 19.1 Å². The van der Waals surface area contributed by atoms with Crippen molar-refractivity contribution in [2.75, 3.05) is 18.4 Å². The van der Waals surface area contributed by atoms with Crippen molar-refractivity contribution in [2.24, 2.45) is 0 Å². The lowest BCUT2D eigenvalue weighted by atomic mass is 10.3. The first-order valence-corrected chi connectivity index (χ1v) is 10.2. The second-order valence-electron chi connectivity index (χ2n) is 5.68. The Morgan fingerprint density at radius 3 is 2.56 bits per heavy atom. The number of hydrogen-bond acceptors (Lipinski definition) is 6. The molecule has 0 aliphatic carbocycles. The lowest BCUT2D eigenvalue weighted by Gasteiger charge is -2.16. The van der Waals surface area contributed by atoms with Crippen LogP contribution in [0.1, 0.15) is 19.8 Å². The molecular formula is C15H19N5O3S2. The van der Waals surface area contributed by atoms with Crippen LogP contribution in [0.5, 0.6) is 0 Å². The van der Waals surface area contributed by atoms with Gasteiger partial charge in [-0.2, -0.15) is 9.40 Å². The topological polar surface area (TPSA) is 108 Å². The maximum Gasteiger partial charge on any atom is 0.243 e. The van der Waals surface area contributed by atoms with Gasteiger partial charge >= 0.3 is 0 Å². The molecular weight excluding hydrogens is 362 g/mol. The number of aromatic nitrogens is 3. The van der Waals surface area contributed by atoms with Crippen LogP contribution in [-0.2, 0) is 14.8 Å². The average Bonchev–Trinajstić information content (AvgIpc) is 3.29. The molecule has 1 aromatic heterocycles. The summed E-state index contributed by atoms with van der Waals surface area (Å²) >= 11 is 1.26. The molecule has 25 heavy (non-hydrogen) atoms. The second-order valence-corrected chi connectivity index (χ2v) is 8.94. The molecule has 1 atom stereocenters. The minimum atomic E-state index is -3.44. The van der Waals surface area contributed by atoms with Crippen LogP contribution in [0.3, 0.4) is 0 Å². The van der Waals surface area contributed by atoms with E-state index in [0.29, 0.717) is 23.9 Å². The third kappa shape index (κ3) is 4.20. The van der Waals surface area contributed by atoms with Gasteiger partial charge in [0, 0.05) is 18.8 Å². The van der Waals surface area contributed by atoms with Crippen LogP contribution in [-0.4, -0.2) is 52.2 Å². The summed E-state index contributed by atoms with van der Waals surface area (Å²) in [5, 5.41) is 9.38. The molecule has 2 aromatic rings. The number of nitrogens with one attached hydrogen (secondary N) is 2. The highest BCUT2D eigenvalue weighted by molar-refractivity contribution is 8.00. The summed E-state index contributed by atoms with van der Waals surface area (Å²) in [5.41, 5.74) is 0.551. The highest BCUT2D eigenvalue weighted by atomic mass is 32.2. The second kappa shape index (κ2) is 7.54. The minimum absolute atomic E-state index is 0.198. The normalized spacial score (nSPS) is 16.7. The fourth-order valence-electron chi connectivity index (χ4n) is 2.50. The number of amides is 1. The molecule has 134 valence electrons. The number of sulfonamides is 1. The van der Waals surface area contributed by atoms with Crippen molar-refractivity contribution in [3.63, 3.8) is 0 Å². The van der Waals surface area contributed by atoms with Crippen molar-refractivity contribution in [3.8, 4) is 0 Å². The lowest BCUT2D eigenvalue weighted by Crippen LogP contribution is -2.27. The maximum absolute atomic E-state index is 12.5. The van der Waals surface area contributed by atoms with Crippen LogP contribution < -0.4 is 5.32 Å². The van der Waals surface area contributed by atoms with Crippen molar-refractivity contribution < 1.29 is 13.2 Å². The van der Waals surface area contributed by atoms with E-state index >= 15 is 0 Å². The summed E-state index contributed by atoms with van der Waals surface area (Å²) in [6.45, 7) is 2.89. The number of H-pyrrole nitrogens is 1. The lowest BCUT2D eigenvalue weighted by molar-refractivity contribution is -0.115. The molecule has 10 heteroatoms. The largest absolute Gasteiger partial charge is 0.325 e. The molecule has 3 rings (SSSR count). The van der Waals surface area contributed by atoms with Gasteiger partial charge in [-0.05, 0) is 44.0 Å². The van der Waals surface area contributed by atoms with Gasteiger partial charge in [0.1, 0.15) is 6.33 Å². The third-order valence-corrected chi connectivity index (χ3v) is 6.78. The number of carbonyl (C=O) groups is 1. The van der Waals surface area contributed by atoms with E-state index in [-0.39, 0.29) is 16.1 Å². The number of carbonyl (C=O) groups excluding carboxylic acids is 1. The van der Waals surface area contributed by atoms with Crippen LogP contribution in [0.4, 0.5) is 5.69 Å². The number of thioether (sulfide) groups is 1. The Morgan fingerprint density at radius 2 is 1.96 bits per heavy atom. The van der Waals surface area contributed by atoms with E-state index in [2.05, 4.69) is 20.5 Å². The Kier molecular flexibility index (Phi) is 5.40. The summed E-state index contributed by atoms with van der Waals surface area (Å²) in [7, 11) is -3.44. The highest BCUT2D eigenvalue weighted by Gasteiger charge is 2.27. The van der Waals surface area contributed by atoms with Crippen molar-refractivity contribution >= 4 is 33.4 Å². The van der Waals surface area contributed by atoms with Crippen LogP contribution in [0, 0.1) is 0 Å². The van der Waals surface area contributed by atoms with Crippen molar-refractivity contribution in [2.45, 2.75) is 35.1 Å². The van der Waals surface area contributed by atoms with Crippen molar-refractivity contribution in [3.05, 3.63) is 30.6 Å². The number of rotatable bonds is 6. The SMILES string of the molecule is C[C@H](Sc1ncn[nH]1)C(=O)Nc1ccc(S(=O)(=O)N2CCCC2)cc1. The van der Waals surface area contributed by atoms with Gasteiger partial charge in [-0.15, -0.1) is 0 Å². The third-order valence-electron chi connectivity index (χ3n) is 3.88. The van der Waals surface area contributed by atoms with Gasteiger partial charge in [-0.25, -0.2) is 13.4 Å². The molecule has 1 fully saturated rings. The summed E-state index contributed by atoms with van der Waals surface area (Å²) in [6, 6.07) is 6.26. The van der Waals surface area contributed by atoms with E-state index in [9.17, 15) is 13.2 Å². The molecule has 2 N–H and O–H groups in total. The molecule has 0 radical (unpaired) electrons. The molecule has 0 spiro atoms. The fourth-order valence-corrected chi connectivity index (χ4v) is 4.74. The van der Waals surface area contributed by atoms with E-state index in [4.69, 9.17) is 0 Å². The number of nitrogens with zero attached hydrogens (tertiary/aromatic N) is 3. The molecule has 8 nitrogen and oxygen atoms in total. The molecule has 2 heterocycles. The predicted octanol–water partition coefficient (Wildman–Crippen LogP) is 1.71. The highest BCUT2D eigenvalue weighted by Crippen LogP contribution is 2.23. The quantitative estimate of drug-likeness (QED) is 0.738. The first-order chi connectivity index (χ1) is 12.0. The number of aromatic amines is 1. The van der Waals surface area contributed by atoms with Gasteiger partial charge in [0.05, 0.1) is 10.1 Å². The van der Waals surface area contributed by atoms with E-state index < -0.39 is 10.0 Å². The number of benzene rings is 1. The van der Waals surface area contributed by atoms with Crippen molar-refractivity contribution in [1.82, 2.24) is 19.5 Å².